The second-order valence-electron chi connectivity index (χ2n) is 5.63. The molecule has 0 bridgehead atoms. The SMILES string of the molecule is COc1ccccc1NC(=O)NCC#CCOc1cccc2ccccc12. The minimum absolute atomic E-state index is 0.222. The fourth-order valence-corrected chi connectivity index (χ4v) is 2.59. The summed E-state index contributed by atoms with van der Waals surface area (Å²) in [6.07, 6.45) is 0. The number of rotatable bonds is 5. The Labute approximate surface area is 158 Å². The van der Waals surface area contributed by atoms with Crippen LogP contribution in [0, 0.1) is 11.8 Å². The lowest BCUT2D eigenvalue weighted by Gasteiger charge is -2.09. The quantitative estimate of drug-likeness (QED) is 0.675. The van der Waals surface area contributed by atoms with Gasteiger partial charge in [-0.15, -0.1) is 0 Å². The summed E-state index contributed by atoms with van der Waals surface area (Å²) in [5.74, 6) is 7.17. The average molecular weight is 360 g/mol. The van der Waals surface area contributed by atoms with Crippen LogP contribution in [-0.2, 0) is 0 Å². The zero-order valence-corrected chi connectivity index (χ0v) is 15.0. The number of amides is 2. The summed E-state index contributed by atoms with van der Waals surface area (Å²) < 4.78 is 10.9. The van der Waals surface area contributed by atoms with Crippen molar-refractivity contribution in [1.29, 1.82) is 0 Å². The molecule has 2 amide bonds. The van der Waals surface area contributed by atoms with Gasteiger partial charge >= 0.3 is 6.03 Å². The van der Waals surface area contributed by atoms with E-state index in [0.717, 1.165) is 16.5 Å². The first-order valence-electron chi connectivity index (χ1n) is 8.52. The number of methoxy groups -OCH3 is 1. The number of ether oxygens (including phenoxy) is 2. The van der Waals surface area contributed by atoms with Crippen LogP contribution in [-0.4, -0.2) is 26.3 Å². The highest BCUT2D eigenvalue weighted by atomic mass is 16.5. The number of hydrogen-bond donors (Lipinski definition) is 2. The molecule has 5 heteroatoms. The van der Waals surface area contributed by atoms with E-state index in [0.29, 0.717) is 11.4 Å². The lowest BCUT2D eigenvalue weighted by Crippen LogP contribution is -2.29. The predicted octanol–water partition coefficient (Wildman–Crippen LogP) is 4.05. The van der Waals surface area contributed by atoms with E-state index in [1.807, 2.05) is 54.6 Å². The van der Waals surface area contributed by atoms with E-state index >= 15 is 0 Å². The monoisotopic (exact) mass is 360 g/mol. The maximum Gasteiger partial charge on any atom is 0.320 e. The first-order chi connectivity index (χ1) is 13.3. The molecule has 0 aliphatic rings. The molecule has 3 aromatic carbocycles. The number of carbonyl (C=O) groups excluding carboxylic acids is 1. The third-order valence-electron chi connectivity index (χ3n) is 3.87. The number of nitrogens with one attached hydrogen (secondary N) is 2. The molecule has 27 heavy (non-hydrogen) atoms. The Balaban J connectivity index is 1.46. The molecule has 0 spiro atoms. The topological polar surface area (TPSA) is 59.6 Å². The first kappa shape index (κ1) is 18.2. The molecule has 3 aromatic rings. The molecule has 0 atom stereocenters. The van der Waals surface area contributed by atoms with Gasteiger partial charge in [0.25, 0.3) is 0 Å². The number of carbonyl (C=O) groups is 1. The third kappa shape index (κ3) is 4.93. The molecule has 0 saturated heterocycles. The van der Waals surface area contributed by atoms with Crippen LogP contribution in [0.1, 0.15) is 0 Å². The highest BCUT2D eigenvalue weighted by Crippen LogP contribution is 2.25. The Kier molecular flexibility index (Phi) is 6.16. The minimum Gasteiger partial charge on any atom is -0.495 e. The highest BCUT2D eigenvalue weighted by molar-refractivity contribution is 5.91. The van der Waals surface area contributed by atoms with Gasteiger partial charge in [-0.2, -0.15) is 0 Å². The smallest absolute Gasteiger partial charge is 0.320 e. The number of urea groups is 1. The zero-order chi connectivity index (χ0) is 18.9. The van der Waals surface area contributed by atoms with Gasteiger partial charge in [-0.1, -0.05) is 60.4 Å². The van der Waals surface area contributed by atoms with Crippen LogP contribution in [0.15, 0.2) is 66.7 Å². The van der Waals surface area contributed by atoms with Gasteiger partial charge in [0.2, 0.25) is 0 Å². The summed E-state index contributed by atoms with van der Waals surface area (Å²) in [5.41, 5.74) is 0.602. The molecule has 0 heterocycles. The van der Waals surface area contributed by atoms with Crippen molar-refractivity contribution < 1.29 is 14.3 Å². The van der Waals surface area contributed by atoms with Crippen molar-refractivity contribution in [3.8, 4) is 23.3 Å². The van der Waals surface area contributed by atoms with Gasteiger partial charge in [0.05, 0.1) is 19.3 Å². The first-order valence-corrected chi connectivity index (χ1v) is 8.52. The summed E-state index contributed by atoms with van der Waals surface area (Å²) in [4.78, 5) is 11.9. The summed E-state index contributed by atoms with van der Waals surface area (Å²) in [5, 5.41) is 7.57. The lowest BCUT2D eigenvalue weighted by atomic mass is 10.1. The molecule has 0 saturated carbocycles. The van der Waals surface area contributed by atoms with Crippen molar-refractivity contribution in [3.05, 3.63) is 66.7 Å². The zero-order valence-electron chi connectivity index (χ0n) is 15.0. The molecule has 0 unspecified atom stereocenters. The highest BCUT2D eigenvalue weighted by Gasteiger charge is 2.05. The predicted molar refractivity (Wildman–Crippen MR) is 107 cm³/mol. The summed E-state index contributed by atoms with van der Waals surface area (Å²) in [6.45, 7) is 0.476. The fourth-order valence-electron chi connectivity index (χ4n) is 2.59. The molecule has 0 fully saturated rings. The molecule has 0 radical (unpaired) electrons. The summed E-state index contributed by atoms with van der Waals surface area (Å²) >= 11 is 0. The van der Waals surface area contributed by atoms with Gasteiger partial charge in [-0.05, 0) is 23.6 Å². The summed E-state index contributed by atoms with van der Waals surface area (Å²) in [6, 6.07) is 20.8. The Hall–Kier alpha value is -3.65. The Morgan fingerprint density at radius 1 is 0.926 bits per heavy atom. The standard InChI is InChI=1S/C22H20N2O3/c1-26-21-13-5-4-12-19(21)24-22(25)23-15-6-7-16-27-20-14-8-10-17-9-2-3-11-18(17)20/h2-5,8-14H,15-16H2,1H3,(H2,23,24,25). The molecule has 0 aliphatic heterocycles. The van der Waals surface area contributed by atoms with Crippen molar-refractivity contribution in [2.24, 2.45) is 0 Å². The van der Waals surface area contributed by atoms with Gasteiger partial charge in [0.1, 0.15) is 18.1 Å². The van der Waals surface area contributed by atoms with Gasteiger partial charge in [0, 0.05) is 5.39 Å². The number of fused-ring (bicyclic) bond motifs is 1. The maximum atomic E-state index is 11.9. The van der Waals surface area contributed by atoms with E-state index in [4.69, 9.17) is 9.47 Å². The molecule has 3 rings (SSSR count). The second-order valence-corrected chi connectivity index (χ2v) is 5.63. The minimum atomic E-state index is -0.344. The van der Waals surface area contributed by atoms with Gasteiger partial charge in [0.15, 0.2) is 0 Å². The molecular weight excluding hydrogens is 340 g/mol. The number of para-hydroxylation sites is 2. The van der Waals surface area contributed by atoms with Crippen LogP contribution in [0.2, 0.25) is 0 Å². The van der Waals surface area contributed by atoms with E-state index in [9.17, 15) is 4.79 Å². The normalized spacial score (nSPS) is 9.81. The Morgan fingerprint density at radius 3 is 2.56 bits per heavy atom. The molecule has 0 aliphatic carbocycles. The van der Waals surface area contributed by atoms with Crippen LogP contribution in [0.4, 0.5) is 10.5 Å². The van der Waals surface area contributed by atoms with Crippen LogP contribution in [0.3, 0.4) is 0 Å². The molecule has 5 nitrogen and oxygen atoms in total. The second kappa shape index (κ2) is 9.16. The number of benzene rings is 3. The van der Waals surface area contributed by atoms with Gasteiger partial charge in [-0.25, -0.2) is 4.79 Å². The van der Waals surface area contributed by atoms with Crippen molar-refractivity contribution in [1.82, 2.24) is 5.32 Å². The van der Waals surface area contributed by atoms with Crippen molar-refractivity contribution in [2.75, 3.05) is 25.6 Å². The van der Waals surface area contributed by atoms with Gasteiger partial charge in [-0.3, -0.25) is 0 Å². The van der Waals surface area contributed by atoms with Crippen LogP contribution in [0.25, 0.3) is 10.8 Å². The molecule has 136 valence electrons. The Bertz CT molecular complexity index is 984. The molecule has 2 N–H and O–H groups in total. The van der Waals surface area contributed by atoms with Crippen molar-refractivity contribution in [2.45, 2.75) is 0 Å². The van der Waals surface area contributed by atoms with Crippen molar-refractivity contribution in [3.63, 3.8) is 0 Å². The van der Waals surface area contributed by atoms with E-state index in [2.05, 4.69) is 22.5 Å². The summed E-state index contributed by atoms with van der Waals surface area (Å²) in [7, 11) is 1.56. The van der Waals surface area contributed by atoms with E-state index < -0.39 is 0 Å². The van der Waals surface area contributed by atoms with Crippen LogP contribution >= 0.6 is 0 Å². The third-order valence-corrected chi connectivity index (χ3v) is 3.87. The van der Waals surface area contributed by atoms with Crippen LogP contribution < -0.4 is 20.1 Å². The van der Waals surface area contributed by atoms with E-state index in [1.54, 1.807) is 19.2 Å². The van der Waals surface area contributed by atoms with E-state index in [1.165, 1.54) is 0 Å². The molecular formula is C22H20N2O3. The van der Waals surface area contributed by atoms with Crippen molar-refractivity contribution >= 4 is 22.5 Å². The number of hydrogen-bond acceptors (Lipinski definition) is 3. The van der Waals surface area contributed by atoms with Crippen LogP contribution in [0.5, 0.6) is 11.5 Å². The van der Waals surface area contributed by atoms with Gasteiger partial charge < -0.3 is 20.1 Å². The average Bonchev–Trinajstić information content (AvgIpc) is 2.71. The number of anilines is 1. The maximum absolute atomic E-state index is 11.9. The Morgan fingerprint density at radius 2 is 1.67 bits per heavy atom. The lowest BCUT2D eigenvalue weighted by molar-refractivity contribution is 0.253. The largest absolute Gasteiger partial charge is 0.495 e. The molecule has 0 aromatic heterocycles. The van der Waals surface area contributed by atoms with E-state index in [-0.39, 0.29) is 19.2 Å². The fraction of sp³-hybridized carbons (Fsp3) is 0.136.